The minimum absolute atomic E-state index is 0.0245. The first-order valence-corrected chi connectivity index (χ1v) is 9.12. The lowest BCUT2D eigenvalue weighted by Gasteiger charge is -2.21. The molecule has 0 N–H and O–H groups in total. The minimum Gasteiger partial charge on any atom is -0.336 e. The maximum atomic E-state index is 12.6. The molecule has 1 aliphatic rings. The molecule has 116 valence electrons. The van der Waals surface area contributed by atoms with E-state index in [9.17, 15) is 13.2 Å². The SMILES string of the molecule is CC1CN(C(=O)c2ccc3ccccc3n2)CCS(=O)(=O)C1. The number of amides is 1. The molecule has 2 aromatic rings. The van der Waals surface area contributed by atoms with Crippen molar-refractivity contribution in [1.82, 2.24) is 9.88 Å². The van der Waals surface area contributed by atoms with Crippen LogP contribution in [0, 0.1) is 5.92 Å². The van der Waals surface area contributed by atoms with E-state index in [1.807, 2.05) is 37.3 Å². The van der Waals surface area contributed by atoms with Gasteiger partial charge in [-0.2, -0.15) is 0 Å². The number of hydrogen-bond donors (Lipinski definition) is 0. The van der Waals surface area contributed by atoms with E-state index in [-0.39, 0.29) is 29.9 Å². The Balaban J connectivity index is 1.88. The van der Waals surface area contributed by atoms with Crippen LogP contribution in [0.15, 0.2) is 36.4 Å². The zero-order valence-corrected chi connectivity index (χ0v) is 13.2. The van der Waals surface area contributed by atoms with E-state index in [1.165, 1.54) is 0 Å². The number of para-hydroxylation sites is 1. The lowest BCUT2D eigenvalue weighted by molar-refractivity contribution is 0.0746. The summed E-state index contributed by atoms with van der Waals surface area (Å²) in [6.07, 6.45) is 0. The predicted octanol–water partition coefficient (Wildman–Crippen LogP) is 1.74. The molecule has 2 heterocycles. The van der Waals surface area contributed by atoms with Crippen molar-refractivity contribution in [2.75, 3.05) is 24.6 Å². The van der Waals surface area contributed by atoms with Crippen LogP contribution in [0.3, 0.4) is 0 Å². The van der Waals surface area contributed by atoms with Crippen molar-refractivity contribution in [3.63, 3.8) is 0 Å². The van der Waals surface area contributed by atoms with Gasteiger partial charge in [0.25, 0.3) is 5.91 Å². The average Bonchev–Trinajstić information content (AvgIpc) is 2.63. The molecule has 1 unspecified atom stereocenters. The Morgan fingerprint density at radius 2 is 2.00 bits per heavy atom. The van der Waals surface area contributed by atoms with Gasteiger partial charge in [0.1, 0.15) is 5.69 Å². The van der Waals surface area contributed by atoms with Crippen molar-refractivity contribution in [3.05, 3.63) is 42.1 Å². The van der Waals surface area contributed by atoms with E-state index in [0.29, 0.717) is 12.2 Å². The number of hydrogen-bond acceptors (Lipinski definition) is 4. The smallest absolute Gasteiger partial charge is 0.272 e. The maximum absolute atomic E-state index is 12.6. The van der Waals surface area contributed by atoms with Gasteiger partial charge < -0.3 is 4.90 Å². The van der Waals surface area contributed by atoms with E-state index < -0.39 is 9.84 Å². The fourth-order valence-electron chi connectivity index (χ4n) is 2.82. The molecule has 0 spiro atoms. The normalized spacial score (nSPS) is 21.5. The second-order valence-electron chi connectivity index (χ2n) is 5.86. The van der Waals surface area contributed by atoms with Crippen LogP contribution in [0.5, 0.6) is 0 Å². The quantitative estimate of drug-likeness (QED) is 0.803. The number of carbonyl (C=O) groups excluding carboxylic acids is 1. The first kappa shape index (κ1) is 15.0. The summed E-state index contributed by atoms with van der Waals surface area (Å²) in [5.41, 5.74) is 1.13. The molecule has 1 fully saturated rings. The maximum Gasteiger partial charge on any atom is 0.272 e. The zero-order chi connectivity index (χ0) is 15.7. The van der Waals surface area contributed by atoms with Gasteiger partial charge >= 0.3 is 0 Å². The lowest BCUT2D eigenvalue weighted by Crippen LogP contribution is -2.35. The third-order valence-corrected chi connectivity index (χ3v) is 5.73. The van der Waals surface area contributed by atoms with Crippen molar-refractivity contribution in [2.45, 2.75) is 6.92 Å². The number of carbonyl (C=O) groups is 1. The summed E-state index contributed by atoms with van der Waals surface area (Å²) in [5, 5.41) is 0.978. The Bertz CT molecular complexity index is 817. The number of rotatable bonds is 1. The van der Waals surface area contributed by atoms with E-state index in [2.05, 4.69) is 4.98 Å². The second kappa shape index (κ2) is 5.68. The monoisotopic (exact) mass is 318 g/mol. The van der Waals surface area contributed by atoms with Gasteiger partial charge in [-0.25, -0.2) is 13.4 Å². The molecule has 1 amide bonds. The molecule has 1 atom stereocenters. The van der Waals surface area contributed by atoms with Crippen LogP contribution in [0.25, 0.3) is 10.9 Å². The molecule has 22 heavy (non-hydrogen) atoms. The van der Waals surface area contributed by atoms with Crippen LogP contribution in [-0.2, 0) is 9.84 Å². The standard InChI is InChI=1S/C16H18N2O3S/c1-12-10-18(8-9-22(20,21)11-12)16(19)15-7-6-13-4-2-3-5-14(13)17-15/h2-7,12H,8-11H2,1H3. The fourth-order valence-corrected chi connectivity index (χ4v) is 4.46. The van der Waals surface area contributed by atoms with Gasteiger partial charge in [-0.15, -0.1) is 0 Å². The minimum atomic E-state index is -3.07. The number of sulfone groups is 1. The first-order valence-electron chi connectivity index (χ1n) is 7.30. The van der Waals surface area contributed by atoms with Crippen molar-refractivity contribution in [2.24, 2.45) is 5.92 Å². The summed E-state index contributed by atoms with van der Waals surface area (Å²) in [5.74, 6) is -0.0925. The van der Waals surface area contributed by atoms with E-state index >= 15 is 0 Å². The highest BCUT2D eigenvalue weighted by Crippen LogP contribution is 2.16. The molecular weight excluding hydrogens is 300 g/mol. The number of nitrogens with zero attached hydrogens (tertiary/aromatic N) is 2. The Morgan fingerprint density at radius 1 is 1.23 bits per heavy atom. The van der Waals surface area contributed by atoms with Crippen LogP contribution in [-0.4, -0.2) is 48.8 Å². The topological polar surface area (TPSA) is 67.3 Å². The van der Waals surface area contributed by atoms with Crippen molar-refractivity contribution in [1.29, 1.82) is 0 Å². The molecule has 1 aromatic heterocycles. The van der Waals surface area contributed by atoms with E-state index in [4.69, 9.17) is 0 Å². The fraction of sp³-hybridized carbons (Fsp3) is 0.375. The average molecular weight is 318 g/mol. The Kier molecular flexibility index (Phi) is 3.87. The molecule has 0 aliphatic carbocycles. The van der Waals surface area contributed by atoms with Gasteiger partial charge in [-0.3, -0.25) is 4.79 Å². The second-order valence-corrected chi connectivity index (χ2v) is 8.09. The third kappa shape index (κ3) is 3.11. The molecular formula is C16H18N2O3S. The Morgan fingerprint density at radius 3 is 2.82 bits per heavy atom. The van der Waals surface area contributed by atoms with E-state index in [1.54, 1.807) is 11.0 Å². The van der Waals surface area contributed by atoms with Crippen LogP contribution in [0.1, 0.15) is 17.4 Å². The number of fused-ring (bicyclic) bond motifs is 1. The molecule has 3 rings (SSSR count). The summed E-state index contributed by atoms with van der Waals surface area (Å²) >= 11 is 0. The third-order valence-electron chi connectivity index (χ3n) is 3.85. The molecule has 6 heteroatoms. The summed E-state index contributed by atoms with van der Waals surface area (Å²) in [6.45, 7) is 2.55. The Hall–Kier alpha value is -1.95. The molecule has 0 bridgehead atoms. The summed E-state index contributed by atoms with van der Waals surface area (Å²) in [7, 11) is -3.07. The molecule has 1 aliphatic heterocycles. The van der Waals surface area contributed by atoms with Gasteiger partial charge in [0.2, 0.25) is 0 Å². The van der Waals surface area contributed by atoms with Crippen LogP contribution < -0.4 is 0 Å². The number of aromatic nitrogens is 1. The highest BCUT2D eigenvalue weighted by atomic mass is 32.2. The van der Waals surface area contributed by atoms with Crippen molar-refractivity contribution < 1.29 is 13.2 Å². The van der Waals surface area contributed by atoms with Gasteiger partial charge in [-0.05, 0) is 18.1 Å². The lowest BCUT2D eigenvalue weighted by atomic mass is 10.1. The van der Waals surface area contributed by atoms with Gasteiger partial charge in [-0.1, -0.05) is 31.2 Å². The van der Waals surface area contributed by atoms with Crippen LogP contribution in [0.2, 0.25) is 0 Å². The van der Waals surface area contributed by atoms with E-state index in [0.717, 1.165) is 10.9 Å². The first-order chi connectivity index (χ1) is 10.4. The van der Waals surface area contributed by atoms with Crippen molar-refractivity contribution in [3.8, 4) is 0 Å². The highest BCUT2D eigenvalue weighted by molar-refractivity contribution is 7.91. The van der Waals surface area contributed by atoms with Crippen molar-refractivity contribution >= 4 is 26.6 Å². The molecule has 1 saturated heterocycles. The van der Waals surface area contributed by atoms with Gasteiger partial charge in [0.05, 0.1) is 17.0 Å². The molecule has 0 radical (unpaired) electrons. The summed E-state index contributed by atoms with van der Waals surface area (Å²) in [4.78, 5) is 18.6. The van der Waals surface area contributed by atoms with Crippen LogP contribution >= 0.6 is 0 Å². The molecule has 5 nitrogen and oxygen atoms in total. The Labute approximate surface area is 129 Å². The largest absolute Gasteiger partial charge is 0.336 e. The summed E-state index contributed by atoms with van der Waals surface area (Å²) < 4.78 is 23.6. The number of pyridine rings is 1. The zero-order valence-electron chi connectivity index (χ0n) is 12.4. The number of benzene rings is 1. The molecule has 1 aromatic carbocycles. The molecule has 0 saturated carbocycles. The van der Waals surface area contributed by atoms with Gasteiger partial charge in [0, 0.05) is 18.5 Å². The van der Waals surface area contributed by atoms with Gasteiger partial charge in [0.15, 0.2) is 9.84 Å². The summed E-state index contributed by atoms with van der Waals surface area (Å²) in [6, 6.07) is 11.2. The highest BCUT2D eigenvalue weighted by Gasteiger charge is 2.28. The van der Waals surface area contributed by atoms with Crippen LogP contribution in [0.4, 0.5) is 0 Å². The predicted molar refractivity (Wildman–Crippen MR) is 85.5 cm³/mol.